The lowest BCUT2D eigenvalue weighted by Crippen LogP contribution is -2.25. The molecule has 0 spiro atoms. The van der Waals surface area contributed by atoms with Gasteiger partial charge >= 0.3 is 0 Å². The average Bonchev–Trinajstić information content (AvgIpc) is 3.61. The lowest BCUT2D eigenvalue weighted by atomic mass is 10.2. The lowest BCUT2D eigenvalue weighted by Gasteiger charge is -2.18. The van der Waals surface area contributed by atoms with Crippen molar-refractivity contribution in [3.63, 3.8) is 0 Å². The number of fused-ring (bicyclic) bond motifs is 2. The Hall–Kier alpha value is -3.60. The molecule has 1 unspecified atom stereocenters. The van der Waals surface area contributed by atoms with Crippen LogP contribution in [0.3, 0.4) is 0 Å². The molecule has 6 heterocycles. The number of nitrogens with zero attached hydrogens (tertiary/aromatic N) is 9. The summed E-state index contributed by atoms with van der Waals surface area (Å²) in [6.07, 6.45) is 5.90. The molecule has 11 heteroatoms. The van der Waals surface area contributed by atoms with Crippen molar-refractivity contribution in [3.8, 4) is 17.3 Å². The second-order valence-corrected chi connectivity index (χ2v) is 9.01. The highest BCUT2D eigenvalue weighted by molar-refractivity contribution is 7.16. The molecule has 168 valence electrons. The summed E-state index contributed by atoms with van der Waals surface area (Å²) in [6.45, 7) is 6.54. The van der Waals surface area contributed by atoms with E-state index in [0.717, 1.165) is 64.8 Å². The Morgan fingerprint density at radius 1 is 1.18 bits per heavy atom. The van der Waals surface area contributed by atoms with Gasteiger partial charge in [0.05, 0.1) is 23.7 Å². The number of imidazole rings is 1. The van der Waals surface area contributed by atoms with Crippen molar-refractivity contribution in [2.45, 2.75) is 32.9 Å². The van der Waals surface area contributed by atoms with Gasteiger partial charge < -0.3 is 14.2 Å². The number of aromatic nitrogens is 8. The highest BCUT2D eigenvalue weighted by Crippen LogP contribution is 2.32. The quantitative estimate of drug-likeness (QED) is 0.393. The van der Waals surface area contributed by atoms with Gasteiger partial charge in [0.1, 0.15) is 35.2 Å². The van der Waals surface area contributed by atoms with Crippen molar-refractivity contribution < 1.29 is 4.74 Å². The Labute approximate surface area is 193 Å². The number of hydrogen-bond acceptors (Lipinski definition) is 9. The SMILES string of the molecule is CCn1ncc(-c2nc3c(OC4CCN(c5ncnc6sccc56)C4)ncnc3n2C)c1C. The molecule has 5 aromatic heterocycles. The normalized spacial score (nSPS) is 16.3. The standard InChI is InChI=1S/C22H23N9OS/c1-4-31-13(2)16(9-27-31)19-28-17-20(29(19)3)24-11-25-21(17)32-14-5-7-30(10-14)18-15-6-8-33-22(15)26-12-23-18/h6,8-9,11-12,14H,4-5,7,10H2,1-3H3. The van der Waals surface area contributed by atoms with Gasteiger partial charge in [-0.2, -0.15) is 10.1 Å². The minimum atomic E-state index is -0.0122. The predicted octanol–water partition coefficient (Wildman–Crippen LogP) is 3.22. The molecule has 0 saturated carbocycles. The van der Waals surface area contributed by atoms with Crippen LogP contribution >= 0.6 is 11.3 Å². The summed E-state index contributed by atoms with van der Waals surface area (Å²) in [5, 5.41) is 7.60. The fraction of sp³-hybridized carbons (Fsp3) is 0.364. The highest BCUT2D eigenvalue weighted by atomic mass is 32.1. The number of anilines is 1. The van der Waals surface area contributed by atoms with Crippen LogP contribution in [0, 0.1) is 6.92 Å². The molecule has 10 nitrogen and oxygen atoms in total. The maximum atomic E-state index is 6.36. The zero-order valence-corrected chi connectivity index (χ0v) is 19.5. The summed E-state index contributed by atoms with van der Waals surface area (Å²) in [6, 6.07) is 2.08. The van der Waals surface area contributed by atoms with Gasteiger partial charge in [-0.3, -0.25) is 4.68 Å². The smallest absolute Gasteiger partial charge is 0.245 e. The van der Waals surface area contributed by atoms with E-state index in [9.17, 15) is 0 Å². The molecule has 0 aliphatic carbocycles. The minimum Gasteiger partial charge on any atom is -0.471 e. The third-order valence-electron chi connectivity index (χ3n) is 6.23. The van der Waals surface area contributed by atoms with E-state index in [4.69, 9.17) is 9.72 Å². The van der Waals surface area contributed by atoms with Crippen LogP contribution in [-0.2, 0) is 13.6 Å². The van der Waals surface area contributed by atoms with Crippen LogP contribution in [0.1, 0.15) is 19.0 Å². The minimum absolute atomic E-state index is 0.0122. The zero-order valence-electron chi connectivity index (χ0n) is 18.6. The molecule has 6 rings (SSSR count). The third-order valence-corrected chi connectivity index (χ3v) is 7.05. The van der Waals surface area contributed by atoms with Crippen molar-refractivity contribution in [2.75, 3.05) is 18.0 Å². The second kappa shape index (κ2) is 7.77. The molecule has 0 amide bonds. The Balaban J connectivity index is 1.29. The third kappa shape index (κ3) is 3.22. The predicted molar refractivity (Wildman–Crippen MR) is 127 cm³/mol. The van der Waals surface area contributed by atoms with Crippen LogP contribution in [0.15, 0.2) is 30.3 Å². The van der Waals surface area contributed by atoms with Gasteiger partial charge in [-0.15, -0.1) is 11.3 Å². The molecule has 0 N–H and O–H groups in total. The molecule has 1 saturated heterocycles. The topological polar surface area (TPSA) is 99.7 Å². The number of rotatable bonds is 5. The maximum Gasteiger partial charge on any atom is 0.245 e. The van der Waals surface area contributed by atoms with Crippen molar-refractivity contribution in [1.82, 2.24) is 39.3 Å². The van der Waals surface area contributed by atoms with Gasteiger partial charge in [0, 0.05) is 32.3 Å². The van der Waals surface area contributed by atoms with E-state index in [1.807, 2.05) is 22.5 Å². The van der Waals surface area contributed by atoms with Gasteiger partial charge in [-0.05, 0) is 25.3 Å². The van der Waals surface area contributed by atoms with Crippen molar-refractivity contribution in [3.05, 3.63) is 36.0 Å². The molecule has 5 aromatic rings. The fourth-order valence-electron chi connectivity index (χ4n) is 4.49. The molecule has 0 aromatic carbocycles. The van der Waals surface area contributed by atoms with Gasteiger partial charge in [0.2, 0.25) is 5.88 Å². The van der Waals surface area contributed by atoms with Crippen LogP contribution in [0.5, 0.6) is 5.88 Å². The number of hydrogen-bond donors (Lipinski definition) is 0. The van der Waals surface area contributed by atoms with Crippen LogP contribution in [0.2, 0.25) is 0 Å². The van der Waals surface area contributed by atoms with E-state index in [0.29, 0.717) is 11.4 Å². The first-order chi connectivity index (χ1) is 16.1. The number of thiophene rings is 1. The molecule has 1 aliphatic heterocycles. The molecular formula is C22H23N9OS. The fourth-order valence-corrected chi connectivity index (χ4v) is 5.22. The number of ether oxygens (including phenoxy) is 1. The Morgan fingerprint density at radius 2 is 2.06 bits per heavy atom. The van der Waals surface area contributed by atoms with Crippen molar-refractivity contribution >= 4 is 38.5 Å². The summed E-state index contributed by atoms with van der Waals surface area (Å²) < 4.78 is 10.3. The van der Waals surface area contributed by atoms with Gasteiger partial charge in [0.15, 0.2) is 11.2 Å². The monoisotopic (exact) mass is 461 g/mol. The Morgan fingerprint density at radius 3 is 2.91 bits per heavy atom. The van der Waals surface area contributed by atoms with Crippen LogP contribution in [0.4, 0.5) is 5.82 Å². The van der Waals surface area contributed by atoms with Crippen molar-refractivity contribution in [2.24, 2.45) is 7.05 Å². The molecule has 1 aliphatic rings. The van der Waals surface area contributed by atoms with Crippen LogP contribution < -0.4 is 9.64 Å². The van der Waals surface area contributed by atoms with E-state index in [-0.39, 0.29) is 6.10 Å². The van der Waals surface area contributed by atoms with E-state index < -0.39 is 0 Å². The summed E-state index contributed by atoms with van der Waals surface area (Å²) in [4.78, 5) is 25.9. The first-order valence-electron chi connectivity index (χ1n) is 10.9. The Bertz CT molecular complexity index is 1470. The molecular weight excluding hydrogens is 438 g/mol. The van der Waals surface area contributed by atoms with E-state index in [1.54, 1.807) is 17.7 Å². The highest BCUT2D eigenvalue weighted by Gasteiger charge is 2.28. The summed E-state index contributed by atoms with van der Waals surface area (Å²) >= 11 is 1.63. The van der Waals surface area contributed by atoms with Gasteiger partial charge in [0.25, 0.3) is 0 Å². The van der Waals surface area contributed by atoms with E-state index in [2.05, 4.69) is 55.2 Å². The summed E-state index contributed by atoms with van der Waals surface area (Å²) in [5.74, 6) is 2.28. The lowest BCUT2D eigenvalue weighted by molar-refractivity contribution is 0.218. The largest absolute Gasteiger partial charge is 0.471 e. The number of aryl methyl sites for hydroxylation is 2. The molecule has 0 bridgehead atoms. The average molecular weight is 462 g/mol. The zero-order chi connectivity index (χ0) is 22.5. The van der Waals surface area contributed by atoms with E-state index in [1.165, 1.54) is 6.33 Å². The maximum absolute atomic E-state index is 6.36. The molecule has 0 radical (unpaired) electrons. The van der Waals surface area contributed by atoms with Crippen molar-refractivity contribution in [1.29, 1.82) is 0 Å². The molecule has 33 heavy (non-hydrogen) atoms. The van der Waals surface area contributed by atoms with Crippen LogP contribution in [-0.4, -0.2) is 58.5 Å². The first kappa shape index (κ1) is 20.0. The van der Waals surface area contributed by atoms with Gasteiger partial charge in [-0.1, -0.05) is 0 Å². The van der Waals surface area contributed by atoms with Gasteiger partial charge in [-0.25, -0.2) is 19.9 Å². The summed E-state index contributed by atoms with van der Waals surface area (Å²) in [5.41, 5.74) is 3.46. The summed E-state index contributed by atoms with van der Waals surface area (Å²) in [7, 11) is 1.96. The second-order valence-electron chi connectivity index (χ2n) is 8.12. The van der Waals surface area contributed by atoms with Crippen LogP contribution in [0.25, 0.3) is 32.8 Å². The van der Waals surface area contributed by atoms with E-state index >= 15 is 0 Å². The molecule has 1 fully saturated rings. The molecule has 1 atom stereocenters. The Kier molecular flexibility index (Phi) is 4.72. The first-order valence-corrected chi connectivity index (χ1v) is 11.8.